The summed E-state index contributed by atoms with van der Waals surface area (Å²) in [6.07, 6.45) is 2.30. The second-order valence-electron chi connectivity index (χ2n) is 5.24. The van der Waals surface area contributed by atoms with E-state index in [1.807, 2.05) is 31.2 Å². The number of hydrogen-bond acceptors (Lipinski definition) is 5. The van der Waals surface area contributed by atoms with Crippen molar-refractivity contribution in [1.29, 1.82) is 0 Å². The smallest absolute Gasteiger partial charge is 0.355 e. The Labute approximate surface area is 133 Å². The van der Waals surface area contributed by atoms with Crippen molar-refractivity contribution in [3.05, 3.63) is 41.6 Å². The normalized spacial score (nSPS) is 23.3. The standard InChI is InChI=1S/C16H17NO4S/c1-10-7-13(17-14(18)8-15(17)22-10)16(19)21-9-11-3-5-12(20-2)6-4-11/h3-7,10,15H,8-9H2,1-2H3/t10?,15-/m1/s1. The SMILES string of the molecule is COc1ccc(COC(=O)C2=CC(C)S[C@@H]3CC(=O)N23)cc1. The minimum Gasteiger partial charge on any atom is -0.497 e. The molecule has 0 radical (unpaired) electrons. The monoisotopic (exact) mass is 319 g/mol. The molecule has 6 heteroatoms. The molecule has 116 valence electrons. The fourth-order valence-electron chi connectivity index (χ4n) is 2.49. The third-order valence-corrected chi connectivity index (χ3v) is 4.92. The number of carbonyl (C=O) groups is 2. The van der Waals surface area contributed by atoms with Crippen LogP contribution in [-0.4, -0.2) is 34.5 Å². The van der Waals surface area contributed by atoms with Gasteiger partial charge in [0.15, 0.2) is 0 Å². The van der Waals surface area contributed by atoms with Gasteiger partial charge in [-0.25, -0.2) is 4.79 Å². The van der Waals surface area contributed by atoms with Gasteiger partial charge in [-0.2, -0.15) is 0 Å². The van der Waals surface area contributed by atoms with Gasteiger partial charge in [0, 0.05) is 5.25 Å². The quantitative estimate of drug-likeness (QED) is 0.630. The van der Waals surface area contributed by atoms with Gasteiger partial charge in [-0.05, 0) is 30.7 Å². The molecule has 1 unspecified atom stereocenters. The summed E-state index contributed by atoms with van der Waals surface area (Å²) in [5, 5.41) is 0.286. The number of fused-ring (bicyclic) bond motifs is 1. The first-order chi connectivity index (χ1) is 10.6. The Morgan fingerprint density at radius 3 is 2.73 bits per heavy atom. The van der Waals surface area contributed by atoms with Gasteiger partial charge in [-0.1, -0.05) is 12.1 Å². The lowest BCUT2D eigenvalue weighted by atomic mass is 10.1. The number of hydrogen-bond donors (Lipinski definition) is 0. The maximum Gasteiger partial charge on any atom is 0.355 e. The third-order valence-electron chi connectivity index (χ3n) is 3.67. The van der Waals surface area contributed by atoms with E-state index in [1.54, 1.807) is 29.8 Å². The number of esters is 1. The van der Waals surface area contributed by atoms with Gasteiger partial charge < -0.3 is 9.47 Å². The lowest BCUT2D eigenvalue weighted by Crippen LogP contribution is -2.54. The highest BCUT2D eigenvalue weighted by Gasteiger charge is 2.44. The van der Waals surface area contributed by atoms with Crippen molar-refractivity contribution >= 4 is 23.6 Å². The van der Waals surface area contributed by atoms with Crippen LogP contribution in [0.25, 0.3) is 0 Å². The van der Waals surface area contributed by atoms with E-state index in [0.29, 0.717) is 12.1 Å². The second kappa shape index (κ2) is 6.04. The number of rotatable bonds is 4. The van der Waals surface area contributed by atoms with Gasteiger partial charge in [0.1, 0.15) is 18.1 Å². The highest BCUT2D eigenvalue weighted by atomic mass is 32.2. The van der Waals surface area contributed by atoms with Crippen LogP contribution in [0.2, 0.25) is 0 Å². The molecule has 1 amide bonds. The zero-order chi connectivity index (χ0) is 15.7. The predicted octanol–water partition coefficient (Wildman–Crippen LogP) is 2.32. The molecule has 1 fully saturated rings. The molecule has 0 spiro atoms. The van der Waals surface area contributed by atoms with Crippen LogP contribution in [0.1, 0.15) is 18.9 Å². The number of nitrogens with zero attached hydrogens (tertiary/aromatic N) is 1. The Morgan fingerprint density at radius 2 is 2.09 bits per heavy atom. The maximum absolute atomic E-state index is 12.3. The fourth-order valence-corrected chi connectivity index (χ4v) is 3.78. The number of benzene rings is 1. The van der Waals surface area contributed by atoms with Crippen LogP contribution in [-0.2, 0) is 20.9 Å². The number of amides is 1. The van der Waals surface area contributed by atoms with Crippen LogP contribution >= 0.6 is 11.8 Å². The lowest BCUT2D eigenvalue weighted by molar-refractivity contribution is -0.150. The summed E-state index contributed by atoms with van der Waals surface area (Å²) >= 11 is 1.69. The van der Waals surface area contributed by atoms with Crippen LogP contribution < -0.4 is 4.74 Å². The molecule has 2 atom stereocenters. The van der Waals surface area contributed by atoms with Crippen LogP contribution in [0.4, 0.5) is 0 Å². The molecule has 0 N–H and O–H groups in total. The summed E-state index contributed by atoms with van der Waals surface area (Å²) in [5.41, 5.74) is 1.25. The molecule has 0 bridgehead atoms. The number of β-lactam (4-membered cyclic amide) rings is 1. The Morgan fingerprint density at radius 1 is 1.36 bits per heavy atom. The van der Waals surface area contributed by atoms with E-state index in [0.717, 1.165) is 11.3 Å². The molecule has 0 saturated carbocycles. The lowest BCUT2D eigenvalue weighted by Gasteiger charge is -2.44. The average Bonchev–Trinajstić information content (AvgIpc) is 2.51. The molecule has 3 rings (SSSR count). The molecule has 1 saturated heterocycles. The van der Waals surface area contributed by atoms with Gasteiger partial charge in [-0.15, -0.1) is 11.8 Å². The topological polar surface area (TPSA) is 55.8 Å². The molecule has 1 aromatic rings. The summed E-state index contributed by atoms with van der Waals surface area (Å²) in [6.45, 7) is 2.19. The first kappa shape index (κ1) is 15.0. The van der Waals surface area contributed by atoms with Crippen molar-refractivity contribution in [2.24, 2.45) is 0 Å². The first-order valence-corrected chi connectivity index (χ1v) is 8.02. The van der Waals surface area contributed by atoms with E-state index in [1.165, 1.54) is 0 Å². The molecule has 2 aliphatic heterocycles. The van der Waals surface area contributed by atoms with Crippen molar-refractivity contribution in [1.82, 2.24) is 4.90 Å². The third kappa shape index (κ3) is 2.83. The van der Waals surface area contributed by atoms with Crippen molar-refractivity contribution in [3.63, 3.8) is 0 Å². The molecule has 1 aromatic carbocycles. The first-order valence-electron chi connectivity index (χ1n) is 7.08. The van der Waals surface area contributed by atoms with Gasteiger partial charge >= 0.3 is 5.97 Å². The highest BCUT2D eigenvalue weighted by molar-refractivity contribution is 8.00. The Kier molecular flexibility index (Phi) is 4.11. The van der Waals surface area contributed by atoms with E-state index in [-0.39, 0.29) is 23.1 Å². The minimum absolute atomic E-state index is 0.0166. The molecular weight excluding hydrogens is 302 g/mol. The molecule has 0 aliphatic carbocycles. The van der Waals surface area contributed by atoms with Crippen LogP contribution in [0.3, 0.4) is 0 Å². The van der Waals surface area contributed by atoms with Gasteiger partial charge in [0.25, 0.3) is 0 Å². The van der Waals surface area contributed by atoms with Crippen molar-refractivity contribution in [2.75, 3.05) is 7.11 Å². The van der Waals surface area contributed by atoms with Crippen molar-refractivity contribution in [3.8, 4) is 5.75 Å². The van der Waals surface area contributed by atoms with Gasteiger partial charge in [0.2, 0.25) is 5.91 Å². The second-order valence-corrected chi connectivity index (χ2v) is 6.80. The summed E-state index contributed by atoms with van der Waals surface area (Å²) in [5.74, 6) is 0.294. The molecule has 22 heavy (non-hydrogen) atoms. The Hall–Kier alpha value is -1.95. The van der Waals surface area contributed by atoms with Crippen LogP contribution in [0, 0.1) is 0 Å². The molecule has 2 heterocycles. The maximum atomic E-state index is 12.3. The number of ether oxygens (including phenoxy) is 2. The molecule has 5 nitrogen and oxygen atoms in total. The summed E-state index contributed by atoms with van der Waals surface area (Å²) in [4.78, 5) is 25.5. The van der Waals surface area contributed by atoms with Crippen molar-refractivity contribution in [2.45, 2.75) is 30.6 Å². The van der Waals surface area contributed by atoms with Gasteiger partial charge in [0.05, 0.1) is 18.9 Å². The van der Waals surface area contributed by atoms with Crippen LogP contribution in [0.15, 0.2) is 36.0 Å². The highest BCUT2D eigenvalue weighted by Crippen LogP contribution is 2.40. The average molecular weight is 319 g/mol. The Balaban J connectivity index is 1.64. The summed E-state index contributed by atoms with van der Waals surface area (Å²) < 4.78 is 10.4. The van der Waals surface area contributed by atoms with Gasteiger partial charge in [-0.3, -0.25) is 9.69 Å². The number of thioether (sulfide) groups is 1. The minimum atomic E-state index is -0.444. The van der Waals surface area contributed by atoms with E-state index in [2.05, 4.69) is 0 Å². The zero-order valence-electron chi connectivity index (χ0n) is 12.4. The van der Waals surface area contributed by atoms with E-state index in [4.69, 9.17) is 9.47 Å². The number of carbonyl (C=O) groups excluding carboxylic acids is 2. The fraction of sp³-hybridized carbons (Fsp3) is 0.375. The number of methoxy groups -OCH3 is 1. The predicted molar refractivity (Wildman–Crippen MR) is 83.2 cm³/mol. The van der Waals surface area contributed by atoms with E-state index >= 15 is 0 Å². The molecule has 0 aromatic heterocycles. The van der Waals surface area contributed by atoms with E-state index < -0.39 is 5.97 Å². The van der Waals surface area contributed by atoms with Crippen molar-refractivity contribution < 1.29 is 19.1 Å². The van der Waals surface area contributed by atoms with E-state index in [9.17, 15) is 9.59 Å². The summed E-state index contributed by atoms with van der Waals surface area (Å²) in [7, 11) is 1.60. The largest absolute Gasteiger partial charge is 0.497 e. The summed E-state index contributed by atoms with van der Waals surface area (Å²) in [6, 6.07) is 7.32. The molecule has 2 aliphatic rings. The molecular formula is C16H17NO4S. The van der Waals surface area contributed by atoms with Crippen LogP contribution in [0.5, 0.6) is 5.75 Å². The Bertz CT molecular complexity index is 626. The zero-order valence-corrected chi connectivity index (χ0v) is 13.3.